The molecule has 0 saturated carbocycles. The van der Waals surface area contributed by atoms with Crippen molar-refractivity contribution < 1.29 is 9.15 Å². The minimum atomic E-state index is -0.715. The fourth-order valence-corrected chi connectivity index (χ4v) is 11.7. The first-order valence-electron chi connectivity index (χ1n) is 27.0. The summed E-state index contributed by atoms with van der Waals surface area (Å²) in [6.45, 7) is 33.6. The van der Waals surface area contributed by atoms with E-state index in [0.717, 1.165) is 46.0 Å². The molecule has 420 valence electrons. The molecule has 0 N–H and O–H groups in total. The monoisotopic (exact) mass is 1130 g/mol. The summed E-state index contributed by atoms with van der Waals surface area (Å²) in [7, 11) is 0.684. The van der Waals surface area contributed by atoms with Gasteiger partial charge in [-0.15, -0.1) is 4.58 Å². The predicted molar refractivity (Wildman–Crippen MR) is 358 cm³/mol. The third-order valence-electron chi connectivity index (χ3n) is 13.6. The van der Waals surface area contributed by atoms with Gasteiger partial charge in [0.1, 0.15) is 0 Å². The van der Waals surface area contributed by atoms with Crippen molar-refractivity contribution in [1.82, 2.24) is 9.13 Å². The zero-order chi connectivity index (χ0) is 57.6. The van der Waals surface area contributed by atoms with Crippen molar-refractivity contribution in [2.75, 3.05) is 25.0 Å². The van der Waals surface area contributed by atoms with Crippen molar-refractivity contribution in [3.05, 3.63) is 166 Å². The summed E-state index contributed by atoms with van der Waals surface area (Å²) in [5.41, 5.74) is 9.12. The maximum absolute atomic E-state index is 5.29. The Morgan fingerprint density at radius 1 is 0.423 bits per heavy atom. The van der Waals surface area contributed by atoms with Crippen molar-refractivity contribution in [1.29, 1.82) is 0 Å². The van der Waals surface area contributed by atoms with Crippen LogP contribution in [0.15, 0.2) is 172 Å². The van der Waals surface area contributed by atoms with E-state index in [4.69, 9.17) is 20.0 Å². The van der Waals surface area contributed by atoms with Gasteiger partial charge in [-0.1, -0.05) is 193 Å². The molecule has 0 aliphatic carbocycles. The maximum atomic E-state index is 5.29. The lowest BCUT2D eigenvalue weighted by Crippen LogP contribution is -2.71. The Labute approximate surface area is 481 Å². The van der Waals surface area contributed by atoms with Crippen molar-refractivity contribution in [2.45, 2.75) is 144 Å². The van der Waals surface area contributed by atoms with Crippen molar-refractivity contribution in [2.24, 2.45) is 31.8 Å². The average Bonchev–Trinajstić information content (AvgIpc) is 3.55. The van der Waals surface area contributed by atoms with Crippen molar-refractivity contribution in [3.8, 4) is 0 Å². The molecule has 0 bridgehead atoms. The summed E-state index contributed by atoms with van der Waals surface area (Å²) >= 11 is 0. The van der Waals surface area contributed by atoms with Gasteiger partial charge in [0.25, 0.3) is 23.3 Å². The second-order valence-electron chi connectivity index (χ2n) is 18.2. The third kappa shape index (κ3) is 12.8. The van der Waals surface area contributed by atoms with E-state index in [2.05, 4.69) is 171 Å². The largest absolute Gasteiger partial charge is 0.404 e. The lowest BCUT2D eigenvalue weighted by atomic mass is 9.97. The summed E-state index contributed by atoms with van der Waals surface area (Å²) < 4.78 is 9.48. The molecule has 6 aromatic rings. The second-order valence-corrected chi connectivity index (χ2v) is 25.2. The average molecular weight is 1130 g/mol. The zero-order valence-corrected chi connectivity index (χ0v) is 53.5. The number of hydrogen-bond acceptors (Lipinski definition) is 4. The van der Waals surface area contributed by atoms with Crippen molar-refractivity contribution >= 4 is 100 Å². The molecule has 1 spiro atoms. The molecular weight excluding hydrogens is 1030 g/mol. The molecule has 12 rings (SSSR count). The van der Waals surface area contributed by atoms with E-state index in [1.54, 1.807) is 0 Å². The van der Waals surface area contributed by atoms with Gasteiger partial charge in [0.2, 0.25) is 22.6 Å². The van der Waals surface area contributed by atoms with Gasteiger partial charge in [0, 0.05) is 53.0 Å². The van der Waals surface area contributed by atoms with Crippen LogP contribution < -0.4 is 11.0 Å². The van der Waals surface area contributed by atoms with E-state index in [1.165, 1.54) is 53.0 Å². The SMILES string of the molecule is C.C=S(C)c1ccccc1.C=S(C)c1ccccc1.C=S(C)c1ccccc1.C=S(C)c1ccccc1.CC.CC.CC.CC.CC1=C(C)C2=[N+]3C1=Nc1c(C)c(C)c4n1C31n3c(c(C)c(C)c3=NC3=[N+]1C(=N4)[C@H](C)[C@@H]3C)=N2. The number of aliphatic imine (C=N–C) groups is 2. The topological polar surface area (TPSA) is 65.3 Å². The molecule has 8 nitrogen and oxygen atoms in total. The highest BCUT2D eigenvalue weighted by atomic mass is 32.2. The molecule has 0 saturated heterocycles. The Morgan fingerprint density at radius 3 is 1.09 bits per heavy atom. The van der Waals surface area contributed by atoms with Gasteiger partial charge in [0.15, 0.2) is 0 Å². The van der Waals surface area contributed by atoms with Crippen LogP contribution in [-0.2, 0) is 5.91 Å². The Hall–Kier alpha value is -5.66. The van der Waals surface area contributed by atoms with E-state index in [-0.39, 0.29) is 61.2 Å². The van der Waals surface area contributed by atoms with Crippen LogP contribution in [0.1, 0.15) is 113 Å². The number of amidine groups is 4. The molecule has 6 aliphatic rings. The standard InChI is InChI=1S/C25H26N8.4C8H10S.4C2H6.CH4/c1-9-10(2)18-27-20-13(5)14(6)22-29-24-16(8)15(7)23-28-21-12(4)11(3)19-26-17(9)30(18)25(31(19)21,32(20)22)33(23)24;4*1-9(2)8-6-4-3-5-7-8;4*1-2;/h9-10H,1-8H3;4*3-7H,1H2,2H3;4*1-2H3;1H4/q+2;;;;;;;;;/t9-,10+,25?;;;;;;;;;. The molecule has 2 aromatic heterocycles. The van der Waals surface area contributed by atoms with Gasteiger partial charge >= 0.3 is 5.91 Å². The molecule has 5 unspecified atom stereocenters. The predicted octanol–water partition coefficient (Wildman–Crippen LogP) is 16.7. The van der Waals surface area contributed by atoms with Crippen LogP contribution in [0.3, 0.4) is 0 Å². The third-order valence-corrected chi connectivity index (χ3v) is 17.9. The summed E-state index contributed by atoms with van der Waals surface area (Å²) in [4.78, 5) is 26.4. The molecule has 6 aliphatic heterocycles. The summed E-state index contributed by atoms with van der Waals surface area (Å²) in [5.74, 6) is 21.7. The number of hydrogen-bond donors (Lipinski definition) is 0. The summed E-state index contributed by atoms with van der Waals surface area (Å²) in [5, 5.41) is 0. The maximum Gasteiger partial charge on any atom is 0.404 e. The molecule has 0 fully saturated rings. The summed E-state index contributed by atoms with van der Waals surface area (Å²) in [6.07, 6.45) is 8.48. The number of benzene rings is 4. The minimum absolute atomic E-state index is 0. The fraction of sp³-hybridized carbons (Fsp3) is 0.364. The van der Waals surface area contributed by atoms with E-state index in [9.17, 15) is 0 Å². The van der Waals surface area contributed by atoms with Gasteiger partial charge < -0.3 is 0 Å². The van der Waals surface area contributed by atoms with E-state index in [0.29, 0.717) is 0 Å². The van der Waals surface area contributed by atoms with E-state index < -0.39 is 5.91 Å². The molecule has 12 heteroatoms. The highest BCUT2D eigenvalue weighted by Crippen LogP contribution is 2.51. The van der Waals surface area contributed by atoms with Crippen LogP contribution in [0, 0.1) is 39.5 Å². The first-order valence-corrected chi connectivity index (χ1v) is 34.2. The van der Waals surface area contributed by atoms with Crippen LogP contribution in [0.5, 0.6) is 0 Å². The number of nitrogens with zero attached hydrogens (tertiary/aromatic N) is 8. The van der Waals surface area contributed by atoms with Gasteiger partial charge in [-0.3, -0.25) is 0 Å². The fourth-order valence-electron chi connectivity index (χ4n) is 9.18. The molecule has 78 heavy (non-hydrogen) atoms. The zero-order valence-electron chi connectivity index (χ0n) is 50.2. The van der Waals surface area contributed by atoms with E-state index >= 15 is 0 Å². The number of aromatic nitrogens is 2. The van der Waals surface area contributed by atoms with Crippen LogP contribution in [0.2, 0.25) is 0 Å². The van der Waals surface area contributed by atoms with Gasteiger partial charge in [0.05, 0.1) is 11.8 Å². The molecule has 7 atom stereocenters. The van der Waals surface area contributed by atoms with E-state index in [1.807, 2.05) is 128 Å². The van der Waals surface area contributed by atoms with Crippen LogP contribution in [-0.4, -0.2) is 90.1 Å². The van der Waals surface area contributed by atoms with Gasteiger partial charge in [-0.25, -0.2) is 0 Å². The molecule has 8 heterocycles. The Morgan fingerprint density at radius 2 is 0.756 bits per heavy atom. The van der Waals surface area contributed by atoms with Crippen LogP contribution in [0.25, 0.3) is 0 Å². The first-order chi connectivity index (χ1) is 36.9. The summed E-state index contributed by atoms with van der Waals surface area (Å²) in [6, 6.07) is 41.3. The Bertz CT molecular complexity index is 3210. The highest BCUT2D eigenvalue weighted by Gasteiger charge is 2.70. The van der Waals surface area contributed by atoms with Crippen molar-refractivity contribution in [3.63, 3.8) is 0 Å². The quantitative estimate of drug-likeness (QED) is 0.125. The van der Waals surface area contributed by atoms with Gasteiger partial charge in [-0.2, -0.15) is 55.6 Å². The first kappa shape index (κ1) is 66.6. The normalized spacial score (nSPS) is 18.7. The lowest BCUT2D eigenvalue weighted by Gasteiger charge is -2.41. The second kappa shape index (κ2) is 30.1. The Balaban J connectivity index is 0.000000293. The molecule has 4 aromatic carbocycles. The van der Waals surface area contributed by atoms with Crippen LogP contribution >= 0.6 is 41.9 Å². The lowest BCUT2D eigenvalue weighted by molar-refractivity contribution is -0.791. The number of rotatable bonds is 4. The molecular formula is C66H94N8S4+2. The Kier molecular flexibility index (Phi) is 25.7. The molecule has 0 radical (unpaired) electrons. The molecule has 0 amide bonds. The highest BCUT2D eigenvalue weighted by molar-refractivity contribution is 8.14. The smallest absolute Gasteiger partial charge is 0.193 e. The van der Waals surface area contributed by atoms with Gasteiger partial charge in [-0.05, 0) is 115 Å². The minimum Gasteiger partial charge on any atom is -0.193 e. The van der Waals surface area contributed by atoms with Crippen LogP contribution in [0.4, 0.5) is 11.6 Å².